The molecule has 1 fully saturated rings. The van der Waals surface area contributed by atoms with Crippen LogP contribution in [0.25, 0.3) is 0 Å². The number of halogens is 2. The van der Waals surface area contributed by atoms with Gasteiger partial charge in [-0.2, -0.15) is 0 Å². The molecule has 0 unspecified atom stereocenters. The number of rotatable bonds is 9. The summed E-state index contributed by atoms with van der Waals surface area (Å²) in [6.45, 7) is 4.32. The fraction of sp³-hybridized carbons (Fsp3) is 0.462. The summed E-state index contributed by atoms with van der Waals surface area (Å²) in [6, 6.07) is 13.3. The Bertz CT molecular complexity index is 924. The summed E-state index contributed by atoms with van der Waals surface area (Å²) >= 11 is 12.3. The van der Waals surface area contributed by atoms with Crippen molar-refractivity contribution >= 4 is 35.0 Å². The van der Waals surface area contributed by atoms with Crippen LogP contribution in [0, 0.1) is 6.92 Å². The monoisotopic (exact) mass is 474 g/mol. The van der Waals surface area contributed by atoms with E-state index in [4.69, 9.17) is 23.2 Å². The highest BCUT2D eigenvalue weighted by atomic mass is 35.5. The van der Waals surface area contributed by atoms with E-state index in [-0.39, 0.29) is 17.9 Å². The summed E-state index contributed by atoms with van der Waals surface area (Å²) in [7, 11) is 0. The van der Waals surface area contributed by atoms with Gasteiger partial charge in [-0.05, 0) is 55.9 Å². The molecule has 1 aliphatic rings. The highest BCUT2D eigenvalue weighted by Gasteiger charge is 2.30. The zero-order valence-electron chi connectivity index (χ0n) is 18.9. The van der Waals surface area contributed by atoms with Crippen molar-refractivity contribution in [3.63, 3.8) is 0 Å². The number of aryl methyl sites for hydroxylation is 2. The molecule has 2 amide bonds. The van der Waals surface area contributed by atoms with Crippen LogP contribution in [-0.4, -0.2) is 28.8 Å². The fourth-order valence-electron chi connectivity index (χ4n) is 4.27. The van der Waals surface area contributed by atoms with Crippen LogP contribution >= 0.6 is 23.2 Å². The number of benzene rings is 2. The number of nitrogens with one attached hydrogen (secondary N) is 1. The van der Waals surface area contributed by atoms with Crippen LogP contribution in [0.3, 0.4) is 0 Å². The van der Waals surface area contributed by atoms with Gasteiger partial charge in [0.25, 0.3) is 0 Å². The predicted molar refractivity (Wildman–Crippen MR) is 131 cm³/mol. The molecule has 1 saturated carbocycles. The third kappa shape index (κ3) is 6.73. The van der Waals surface area contributed by atoms with Gasteiger partial charge < -0.3 is 10.2 Å². The summed E-state index contributed by atoms with van der Waals surface area (Å²) in [6.07, 6.45) is 5.84. The molecular weight excluding hydrogens is 443 g/mol. The fourth-order valence-corrected chi connectivity index (χ4v) is 4.59. The molecule has 0 aromatic heterocycles. The SMILES string of the molecule is CC[C@@H](C(=O)NC1CCCC1)N(Cc1ccc(Cl)c(Cl)c1)C(=O)CCc1ccc(C)cc1. The van der Waals surface area contributed by atoms with E-state index in [1.807, 2.05) is 19.9 Å². The average molecular weight is 475 g/mol. The second-order valence-electron chi connectivity index (χ2n) is 8.67. The predicted octanol–water partition coefficient (Wildman–Crippen LogP) is 6.10. The molecule has 2 aromatic rings. The van der Waals surface area contributed by atoms with Crippen LogP contribution in [-0.2, 0) is 22.6 Å². The first-order valence-electron chi connectivity index (χ1n) is 11.5. The number of amides is 2. The maximum atomic E-state index is 13.4. The number of hydrogen-bond acceptors (Lipinski definition) is 2. The molecule has 6 heteroatoms. The largest absolute Gasteiger partial charge is 0.352 e. The van der Waals surface area contributed by atoms with E-state index in [0.29, 0.717) is 35.9 Å². The second-order valence-corrected chi connectivity index (χ2v) is 9.48. The van der Waals surface area contributed by atoms with Crippen molar-refractivity contribution in [1.82, 2.24) is 10.2 Å². The Morgan fingerprint density at radius 2 is 1.69 bits per heavy atom. The molecular formula is C26H32Cl2N2O2. The van der Waals surface area contributed by atoms with E-state index in [1.165, 1.54) is 5.56 Å². The molecule has 0 bridgehead atoms. The second kappa shape index (κ2) is 11.7. The van der Waals surface area contributed by atoms with Crippen LogP contribution in [0.5, 0.6) is 0 Å². The maximum absolute atomic E-state index is 13.4. The number of carbonyl (C=O) groups is 2. The molecule has 0 spiro atoms. The molecule has 0 saturated heterocycles. The standard InChI is InChI=1S/C26H32Cl2N2O2/c1-3-24(26(32)29-21-6-4-5-7-21)30(17-20-12-14-22(27)23(28)16-20)25(31)15-13-19-10-8-18(2)9-11-19/h8-12,14,16,21,24H,3-7,13,15,17H2,1-2H3,(H,29,32)/t24-/m0/s1. The number of hydrogen-bond donors (Lipinski definition) is 1. The summed E-state index contributed by atoms with van der Waals surface area (Å²) < 4.78 is 0. The lowest BCUT2D eigenvalue weighted by Gasteiger charge is -2.31. The zero-order valence-corrected chi connectivity index (χ0v) is 20.4. The van der Waals surface area contributed by atoms with Gasteiger partial charge in [-0.1, -0.05) is 78.9 Å². The van der Waals surface area contributed by atoms with Gasteiger partial charge >= 0.3 is 0 Å². The lowest BCUT2D eigenvalue weighted by Crippen LogP contribution is -2.51. The Hall–Kier alpha value is -2.04. The molecule has 32 heavy (non-hydrogen) atoms. The van der Waals surface area contributed by atoms with Crippen molar-refractivity contribution in [3.05, 3.63) is 69.2 Å². The van der Waals surface area contributed by atoms with Crippen LogP contribution in [0.15, 0.2) is 42.5 Å². The molecule has 1 N–H and O–H groups in total. The van der Waals surface area contributed by atoms with E-state index in [0.717, 1.165) is 36.8 Å². The molecule has 0 radical (unpaired) electrons. The quantitative estimate of drug-likeness (QED) is 0.477. The van der Waals surface area contributed by atoms with Crippen molar-refractivity contribution in [2.75, 3.05) is 0 Å². The third-order valence-corrected chi connectivity index (χ3v) is 6.91. The molecule has 3 rings (SSSR count). The lowest BCUT2D eigenvalue weighted by molar-refractivity contribution is -0.141. The van der Waals surface area contributed by atoms with Crippen molar-refractivity contribution in [1.29, 1.82) is 0 Å². The summed E-state index contributed by atoms with van der Waals surface area (Å²) in [5.41, 5.74) is 3.16. The molecule has 0 aliphatic heterocycles. The van der Waals surface area contributed by atoms with Crippen LogP contribution in [0.4, 0.5) is 0 Å². The van der Waals surface area contributed by atoms with E-state index < -0.39 is 6.04 Å². The molecule has 2 aromatic carbocycles. The highest BCUT2D eigenvalue weighted by molar-refractivity contribution is 6.42. The molecule has 0 heterocycles. The Morgan fingerprint density at radius 3 is 2.31 bits per heavy atom. The van der Waals surface area contributed by atoms with Gasteiger partial charge in [0.15, 0.2) is 0 Å². The van der Waals surface area contributed by atoms with Gasteiger partial charge in [-0.15, -0.1) is 0 Å². The summed E-state index contributed by atoms with van der Waals surface area (Å²) in [4.78, 5) is 28.2. The van der Waals surface area contributed by atoms with E-state index >= 15 is 0 Å². The number of nitrogens with zero attached hydrogens (tertiary/aromatic N) is 1. The van der Waals surface area contributed by atoms with E-state index in [2.05, 4.69) is 29.6 Å². The van der Waals surface area contributed by atoms with Gasteiger partial charge in [0.05, 0.1) is 10.0 Å². The summed E-state index contributed by atoms with van der Waals surface area (Å²) in [5.74, 6) is -0.104. The average Bonchev–Trinajstić information content (AvgIpc) is 3.28. The third-order valence-electron chi connectivity index (χ3n) is 6.17. The lowest BCUT2D eigenvalue weighted by atomic mass is 10.0. The van der Waals surface area contributed by atoms with E-state index in [9.17, 15) is 9.59 Å². The molecule has 4 nitrogen and oxygen atoms in total. The zero-order chi connectivity index (χ0) is 23.1. The first-order chi connectivity index (χ1) is 15.4. The molecule has 1 aliphatic carbocycles. The maximum Gasteiger partial charge on any atom is 0.243 e. The van der Waals surface area contributed by atoms with Crippen molar-refractivity contribution in [2.24, 2.45) is 0 Å². The van der Waals surface area contributed by atoms with Crippen molar-refractivity contribution < 1.29 is 9.59 Å². The Balaban J connectivity index is 1.77. The van der Waals surface area contributed by atoms with Crippen LogP contribution in [0.1, 0.15) is 62.1 Å². The first-order valence-corrected chi connectivity index (χ1v) is 12.2. The van der Waals surface area contributed by atoms with Gasteiger partial charge in [0.1, 0.15) is 6.04 Å². The van der Waals surface area contributed by atoms with Gasteiger partial charge in [0, 0.05) is 19.0 Å². The van der Waals surface area contributed by atoms with Crippen LogP contribution in [0.2, 0.25) is 10.0 Å². The van der Waals surface area contributed by atoms with Gasteiger partial charge in [-0.25, -0.2) is 0 Å². The molecule has 172 valence electrons. The Kier molecular flexibility index (Phi) is 9.01. The van der Waals surface area contributed by atoms with Gasteiger partial charge in [-0.3, -0.25) is 9.59 Å². The normalized spacial score (nSPS) is 14.9. The topological polar surface area (TPSA) is 49.4 Å². The minimum Gasteiger partial charge on any atom is -0.352 e. The first kappa shape index (κ1) is 24.6. The smallest absolute Gasteiger partial charge is 0.243 e. The van der Waals surface area contributed by atoms with Crippen molar-refractivity contribution in [2.45, 2.75) is 77.4 Å². The minimum absolute atomic E-state index is 0.0370. The van der Waals surface area contributed by atoms with Crippen LogP contribution < -0.4 is 5.32 Å². The molecule has 1 atom stereocenters. The minimum atomic E-state index is -0.518. The Labute approximate surface area is 201 Å². The van der Waals surface area contributed by atoms with Gasteiger partial charge in [0.2, 0.25) is 11.8 Å². The highest BCUT2D eigenvalue weighted by Crippen LogP contribution is 2.25. The summed E-state index contributed by atoms with van der Waals surface area (Å²) in [5, 5.41) is 4.09. The van der Waals surface area contributed by atoms with E-state index in [1.54, 1.807) is 17.0 Å². The number of carbonyl (C=O) groups excluding carboxylic acids is 2. The van der Waals surface area contributed by atoms with Crippen molar-refractivity contribution in [3.8, 4) is 0 Å². The Morgan fingerprint density at radius 1 is 1.03 bits per heavy atom.